The Bertz CT molecular complexity index is 411. The van der Waals surface area contributed by atoms with Crippen molar-refractivity contribution in [1.29, 1.82) is 0 Å². The van der Waals surface area contributed by atoms with E-state index >= 15 is 0 Å². The highest BCUT2D eigenvalue weighted by Crippen LogP contribution is 2.29. The molecule has 1 saturated carbocycles. The highest BCUT2D eigenvalue weighted by molar-refractivity contribution is 6.39. The lowest BCUT2D eigenvalue weighted by Gasteiger charge is -2.23. The number of para-hydroxylation sites is 1. The monoisotopic (exact) mass is 286 g/mol. The number of carbonyl (C=O) groups excluding carboxylic acids is 1. The molecule has 2 amide bonds. The maximum absolute atomic E-state index is 11.8. The van der Waals surface area contributed by atoms with Crippen molar-refractivity contribution in [3.05, 3.63) is 28.2 Å². The molecule has 1 aromatic carbocycles. The summed E-state index contributed by atoms with van der Waals surface area (Å²) in [5, 5.41) is 6.56. The molecule has 1 aliphatic rings. The summed E-state index contributed by atoms with van der Waals surface area (Å²) in [5.74, 6) is 0. The summed E-state index contributed by atoms with van der Waals surface area (Å²) in [6.07, 6.45) is 5.71. The zero-order valence-corrected chi connectivity index (χ0v) is 11.5. The number of carbonyl (C=O) groups is 1. The van der Waals surface area contributed by atoms with E-state index in [4.69, 9.17) is 23.2 Å². The number of nitrogens with one attached hydrogen (secondary N) is 2. The van der Waals surface area contributed by atoms with E-state index in [0.29, 0.717) is 15.7 Å². The Balaban J connectivity index is 1.94. The van der Waals surface area contributed by atoms with Crippen molar-refractivity contribution in [1.82, 2.24) is 5.32 Å². The average Bonchev–Trinajstić information content (AvgIpc) is 2.35. The predicted octanol–water partition coefficient (Wildman–Crippen LogP) is 4.45. The molecule has 0 spiro atoms. The lowest BCUT2D eigenvalue weighted by Crippen LogP contribution is -2.39. The minimum Gasteiger partial charge on any atom is -0.335 e. The van der Waals surface area contributed by atoms with E-state index in [1.54, 1.807) is 18.2 Å². The molecule has 2 rings (SSSR count). The predicted molar refractivity (Wildman–Crippen MR) is 75.5 cm³/mol. The van der Waals surface area contributed by atoms with E-state index in [1.807, 2.05) is 0 Å². The minimum absolute atomic E-state index is 0.239. The van der Waals surface area contributed by atoms with Crippen LogP contribution in [-0.2, 0) is 0 Å². The Kier molecular flexibility index (Phi) is 4.72. The Morgan fingerprint density at radius 1 is 1.11 bits per heavy atom. The fraction of sp³-hybridized carbons (Fsp3) is 0.462. The highest BCUT2D eigenvalue weighted by atomic mass is 35.5. The number of halogens is 2. The van der Waals surface area contributed by atoms with Crippen molar-refractivity contribution in [2.24, 2.45) is 0 Å². The van der Waals surface area contributed by atoms with Crippen LogP contribution in [0.5, 0.6) is 0 Å². The maximum atomic E-state index is 11.8. The Morgan fingerprint density at radius 3 is 2.33 bits per heavy atom. The molecular weight excluding hydrogens is 271 g/mol. The first-order valence-electron chi connectivity index (χ1n) is 6.18. The van der Waals surface area contributed by atoms with Gasteiger partial charge in [-0.1, -0.05) is 48.5 Å². The van der Waals surface area contributed by atoms with E-state index in [0.717, 1.165) is 12.8 Å². The molecule has 0 heterocycles. The molecule has 0 bridgehead atoms. The van der Waals surface area contributed by atoms with Crippen molar-refractivity contribution in [3.8, 4) is 0 Å². The van der Waals surface area contributed by atoms with Crippen LogP contribution < -0.4 is 10.6 Å². The van der Waals surface area contributed by atoms with Crippen LogP contribution in [0.2, 0.25) is 10.0 Å². The average molecular weight is 287 g/mol. The summed E-state index contributed by atoms with van der Waals surface area (Å²) in [6, 6.07) is 5.17. The Hall–Kier alpha value is -0.930. The molecule has 0 aliphatic heterocycles. The number of anilines is 1. The van der Waals surface area contributed by atoms with E-state index in [2.05, 4.69) is 10.6 Å². The largest absolute Gasteiger partial charge is 0.335 e. The van der Waals surface area contributed by atoms with Gasteiger partial charge in [-0.2, -0.15) is 0 Å². The van der Waals surface area contributed by atoms with Gasteiger partial charge in [0.15, 0.2) is 0 Å². The van der Waals surface area contributed by atoms with Crippen molar-refractivity contribution < 1.29 is 4.79 Å². The van der Waals surface area contributed by atoms with Crippen LogP contribution in [0.1, 0.15) is 32.1 Å². The number of amides is 2. The molecule has 5 heteroatoms. The quantitative estimate of drug-likeness (QED) is 0.829. The smallest absolute Gasteiger partial charge is 0.319 e. The lowest BCUT2D eigenvalue weighted by atomic mass is 9.96. The summed E-state index contributed by atoms with van der Waals surface area (Å²) in [6.45, 7) is 0. The molecule has 0 radical (unpaired) electrons. The molecule has 1 aromatic rings. The molecule has 2 N–H and O–H groups in total. The number of urea groups is 1. The third kappa shape index (κ3) is 3.53. The van der Waals surface area contributed by atoms with Crippen molar-refractivity contribution in [2.45, 2.75) is 38.1 Å². The van der Waals surface area contributed by atoms with Gasteiger partial charge in [0, 0.05) is 6.04 Å². The van der Waals surface area contributed by atoms with Gasteiger partial charge in [-0.25, -0.2) is 4.79 Å². The van der Waals surface area contributed by atoms with Crippen LogP contribution >= 0.6 is 23.2 Å². The van der Waals surface area contributed by atoms with Gasteiger partial charge in [-0.05, 0) is 25.0 Å². The van der Waals surface area contributed by atoms with Crippen LogP contribution in [-0.4, -0.2) is 12.1 Å². The van der Waals surface area contributed by atoms with E-state index in [1.165, 1.54) is 19.3 Å². The molecule has 1 fully saturated rings. The molecule has 98 valence electrons. The molecule has 0 atom stereocenters. The second-order valence-electron chi connectivity index (χ2n) is 4.53. The number of rotatable bonds is 2. The van der Waals surface area contributed by atoms with Gasteiger partial charge in [0.25, 0.3) is 0 Å². The second-order valence-corrected chi connectivity index (χ2v) is 5.34. The lowest BCUT2D eigenvalue weighted by molar-refractivity contribution is 0.244. The summed E-state index contributed by atoms with van der Waals surface area (Å²) < 4.78 is 0. The molecule has 0 aromatic heterocycles. The normalized spacial score (nSPS) is 16.3. The van der Waals surface area contributed by atoms with Crippen LogP contribution in [0.4, 0.5) is 10.5 Å². The Labute approximate surface area is 117 Å². The summed E-state index contributed by atoms with van der Waals surface area (Å²) in [7, 11) is 0. The first-order chi connectivity index (χ1) is 8.66. The van der Waals surface area contributed by atoms with Crippen molar-refractivity contribution in [2.75, 3.05) is 5.32 Å². The van der Waals surface area contributed by atoms with E-state index in [-0.39, 0.29) is 12.1 Å². The summed E-state index contributed by atoms with van der Waals surface area (Å²) in [5.41, 5.74) is 0.467. The summed E-state index contributed by atoms with van der Waals surface area (Å²) >= 11 is 12.0. The molecule has 0 saturated heterocycles. The zero-order valence-electron chi connectivity index (χ0n) is 10.0. The van der Waals surface area contributed by atoms with E-state index < -0.39 is 0 Å². The fourth-order valence-corrected chi connectivity index (χ4v) is 2.69. The molecule has 0 unspecified atom stereocenters. The van der Waals surface area contributed by atoms with Gasteiger partial charge in [0.1, 0.15) is 0 Å². The van der Waals surface area contributed by atoms with Gasteiger partial charge in [0.05, 0.1) is 15.7 Å². The number of hydrogen-bond donors (Lipinski definition) is 2. The summed E-state index contributed by atoms with van der Waals surface area (Å²) in [4.78, 5) is 11.8. The minimum atomic E-state index is -0.239. The zero-order chi connectivity index (χ0) is 13.0. The third-order valence-corrected chi connectivity index (χ3v) is 3.77. The van der Waals surface area contributed by atoms with Crippen molar-refractivity contribution >= 4 is 34.9 Å². The number of hydrogen-bond acceptors (Lipinski definition) is 1. The highest BCUT2D eigenvalue weighted by Gasteiger charge is 2.16. The van der Waals surface area contributed by atoms with Crippen LogP contribution in [0.3, 0.4) is 0 Å². The fourth-order valence-electron chi connectivity index (χ4n) is 2.20. The first-order valence-corrected chi connectivity index (χ1v) is 6.94. The van der Waals surface area contributed by atoms with Gasteiger partial charge in [-0.15, -0.1) is 0 Å². The molecule has 3 nitrogen and oxygen atoms in total. The van der Waals surface area contributed by atoms with Gasteiger partial charge >= 0.3 is 6.03 Å². The van der Waals surface area contributed by atoms with E-state index in [9.17, 15) is 4.79 Å². The van der Waals surface area contributed by atoms with Crippen molar-refractivity contribution in [3.63, 3.8) is 0 Å². The Morgan fingerprint density at radius 2 is 1.72 bits per heavy atom. The first kappa shape index (κ1) is 13.5. The van der Waals surface area contributed by atoms with Crippen LogP contribution in [0.15, 0.2) is 18.2 Å². The molecule has 18 heavy (non-hydrogen) atoms. The van der Waals surface area contributed by atoms with Gasteiger partial charge in [-0.3, -0.25) is 0 Å². The SMILES string of the molecule is O=C(Nc1c(Cl)cccc1Cl)NC1CCCCC1. The standard InChI is InChI=1S/C13H16Cl2N2O/c14-10-7-4-8-11(15)12(10)17-13(18)16-9-5-2-1-3-6-9/h4,7-9H,1-3,5-6H2,(H2,16,17,18). The number of benzene rings is 1. The van der Waals surface area contributed by atoms with Crippen LogP contribution in [0, 0.1) is 0 Å². The molecule has 1 aliphatic carbocycles. The van der Waals surface area contributed by atoms with Crippen LogP contribution in [0.25, 0.3) is 0 Å². The second kappa shape index (κ2) is 6.30. The topological polar surface area (TPSA) is 41.1 Å². The third-order valence-electron chi connectivity index (χ3n) is 3.14. The van der Waals surface area contributed by atoms with Gasteiger partial charge < -0.3 is 10.6 Å². The molecular formula is C13H16Cl2N2O. The maximum Gasteiger partial charge on any atom is 0.319 e. The van der Waals surface area contributed by atoms with Gasteiger partial charge in [0.2, 0.25) is 0 Å².